The molecule has 1 aromatic heterocycles. The van der Waals surface area contributed by atoms with E-state index in [0.717, 1.165) is 28.8 Å². The van der Waals surface area contributed by atoms with Crippen LogP contribution in [0.4, 0.5) is 10.1 Å². The van der Waals surface area contributed by atoms with E-state index in [9.17, 15) is 14.0 Å². The van der Waals surface area contributed by atoms with Crippen LogP contribution >= 0.6 is 27.7 Å². The Kier molecular flexibility index (Phi) is 10.1. The van der Waals surface area contributed by atoms with E-state index < -0.39 is 0 Å². The molecule has 0 radical (unpaired) electrons. The number of hydrogen-bond acceptors (Lipinski definition) is 6. The van der Waals surface area contributed by atoms with Crippen LogP contribution in [-0.2, 0) is 11.3 Å². The van der Waals surface area contributed by atoms with Crippen LogP contribution in [0.5, 0.6) is 5.75 Å². The number of carbonyl (C=O) groups is 2. The first-order chi connectivity index (χ1) is 18.9. The number of nitrogens with one attached hydrogen (secondary N) is 2. The molecule has 1 heterocycles. The smallest absolute Gasteiger partial charge is 0.251 e. The van der Waals surface area contributed by atoms with Crippen molar-refractivity contribution in [1.29, 1.82) is 0 Å². The number of thioether (sulfide) groups is 1. The summed E-state index contributed by atoms with van der Waals surface area (Å²) < 4.78 is 21.5. The predicted molar refractivity (Wildman–Crippen MR) is 153 cm³/mol. The molecule has 0 fully saturated rings. The maximum atomic E-state index is 13.1. The fourth-order valence-corrected chi connectivity index (χ4v) is 4.55. The van der Waals surface area contributed by atoms with Gasteiger partial charge in [-0.2, -0.15) is 0 Å². The maximum Gasteiger partial charge on any atom is 0.251 e. The SMILES string of the molecule is CCCCOc1ccc(C(=O)NCc2nnc(SCC(=O)Nc3ccc(F)cc3)n2-c2ccc(Br)cc2)cc1. The molecule has 4 aromatic rings. The third-order valence-corrected chi connectivity index (χ3v) is 6.99. The molecule has 2 amide bonds. The zero-order valence-electron chi connectivity index (χ0n) is 21.2. The second-order valence-electron chi connectivity index (χ2n) is 8.46. The number of unbranched alkanes of at least 4 members (excludes halogenated alkanes) is 1. The molecule has 11 heteroatoms. The van der Waals surface area contributed by atoms with Crippen molar-refractivity contribution in [3.63, 3.8) is 0 Å². The van der Waals surface area contributed by atoms with Crippen molar-refractivity contribution >= 4 is 45.2 Å². The Morgan fingerprint density at radius 2 is 1.72 bits per heavy atom. The highest BCUT2D eigenvalue weighted by Gasteiger charge is 2.17. The number of hydrogen-bond donors (Lipinski definition) is 2. The third-order valence-electron chi connectivity index (χ3n) is 5.54. The number of amides is 2. The Balaban J connectivity index is 1.43. The minimum Gasteiger partial charge on any atom is -0.494 e. The zero-order valence-corrected chi connectivity index (χ0v) is 23.6. The first-order valence-electron chi connectivity index (χ1n) is 12.3. The van der Waals surface area contributed by atoms with Gasteiger partial charge >= 0.3 is 0 Å². The molecule has 0 saturated carbocycles. The molecule has 0 spiro atoms. The van der Waals surface area contributed by atoms with E-state index in [0.29, 0.717) is 28.8 Å². The average molecular weight is 613 g/mol. The molecule has 0 aliphatic heterocycles. The number of ether oxygens (including phenoxy) is 1. The van der Waals surface area contributed by atoms with Crippen molar-refractivity contribution in [2.45, 2.75) is 31.5 Å². The molecule has 4 rings (SSSR count). The number of aromatic nitrogens is 3. The molecule has 0 atom stereocenters. The minimum atomic E-state index is -0.377. The van der Waals surface area contributed by atoms with Gasteiger partial charge in [-0.3, -0.25) is 14.2 Å². The van der Waals surface area contributed by atoms with Gasteiger partial charge in [-0.15, -0.1) is 10.2 Å². The lowest BCUT2D eigenvalue weighted by atomic mass is 10.2. The lowest BCUT2D eigenvalue weighted by molar-refractivity contribution is -0.113. The van der Waals surface area contributed by atoms with Crippen molar-refractivity contribution in [3.05, 3.63) is 94.5 Å². The molecule has 8 nitrogen and oxygen atoms in total. The Hall–Kier alpha value is -3.70. The van der Waals surface area contributed by atoms with E-state index in [1.165, 1.54) is 36.0 Å². The molecule has 39 heavy (non-hydrogen) atoms. The number of rotatable bonds is 12. The highest BCUT2D eigenvalue weighted by atomic mass is 79.9. The summed E-state index contributed by atoms with van der Waals surface area (Å²) in [6.07, 6.45) is 2.02. The Labute approximate surface area is 238 Å². The van der Waals surface area contributed by atoms with Crippen LogP contribution in [-0.4, -0.2) is 38.9 Å². The van der Waals surface area contributed by atoms with Crippen LogP contribution < -0.4 is 15.4 Å². The molecule has 0 saturated heterocycles. The van der Waals surface area contributed by atoms with Crippen LogP contribution in [0, 0.1) is 5.82 Å². The van der Waals surface area contributed by atoms with Gasteiger partial charge in [0.1, 0.15) is 11.6 Å². The number of carbonyl (C=O) groups excluding carboxylic acids is 2. The molecule has 202 valence electrons. The lowest BCUT2D eigenvalue weighted by Crippen LogP contribution is -2.24. The van der Waals surface area contributed by atoms with Crippen LogP contribution in [0.2, 0.25) is 0 Å². The van der Waals surface area contributed by atoms with Gasteiger partial charge in [0.05, 0.1) is 18.9 Å². The zero-order chi connectivity index (χ0) is 27.6. The summed E-state index contributed by atoms with van der Waals surface area (Å²) in [5, 5.41) is 14.7. The van der Waals surface area contributed by atoms with Gasteiger partial charge in [-0.25, -0.2) is 4.39 Å². The first kappa shape index (κ1) is 28.3. The van der Waals surface area contributed by atoms with Gasteiger partial charge in [0.2, 0.25) is 5.91 Å². The Morgan fingerprint density at radius 1 is 1.00 bits per heavy atom. The minimum absolute atomic E-state index is 0.0606. The Bertz CT molecular complexity index is 1400. The summed E-state index contributed by atoms with van der Waals surface area (Å²) in [6, 6.07) is 20.1. The summed E-state index contributed by atoms with van der Waals surface area (Å²) in [5.41, 5.74) is 1.78. The van der Waals surface area contributed by atoms with E-state index in [-0.39, 0.29) is 29.9 Å². The average Bonchev–Trinajstić information content (AvgIpc) is 3.35. The quantitative estimate of drug-likeness (QED) is 0.150. The van der Waals surface area contributed by atoms with Crippen molar-refractivity contribution in [2.24, 2.45) is 0 Å². The van der Waals surface area contributed by atoms with Crippen LogP contribution in [0.25, 0.3) is 5.69 Å². The molecule has 0 aliphatic rings. The van der Waals surface area contributed by atoms with E-state index in [1.807, 2.05) is 24.3 Å². The number of nitrogens with zero attached hydrogens (tertiary/aromatic N) is 3. The summed E-state index contributed by atoms with van der Waals surface area (Å²) in [4.78, 5) is 25.3. The monoisotopic (exact) mass is 611 g/mol. The van der Waals surface area contributed by atoms with Crippen molar-refractivity contribution in [2.75, 3.05) is 17.7 Å². The predicted octanol–water partition coefficient (Wildman–Crippen LogP) is 6.01. The van der Waals surface area contributed by atoms with Crippen LogP contribution in [0.1, 0.15) is 35.9 Å². The van der Waals surface area contributed by atoms with Gasteiger partial charge in [0.25, 0.3) is 5.91 Å². The van der Waals surface area contributed by atoms with Gasteiger partial charge in [-0.05, 0) is 79.2 Å². The molecule has 2 N–H and O–H groups in total. The van der Waals surface area contributed by atoms with E-state index >= 15 is 0 Å². The van der Waals surface area contributed by atoms with Gasteiger partial charge in [-0.1, -0.05) is 41.0 Å². The number of benzene rings is 3. The number of halogens is 2. The van der Waals surface area contributed by atoms with E-state index in [2.05, 4.69) is 43.7 Å². The van der Waals surface area contributed by atoms with E-state index in [1.54, 1.807) is 28.8 Å². The summed E-state index contributed by atoms with van der Waals surface area (Å²) >= 11 is 4.64. The van der Waals surface area contributed by atoms with Crippen LogP contribution in [0.15, 0.2) is 82.4 Å². The van der Waals surface area contributed by atoms with E-state index in [4.69, 9.17) is 4.74 Å². The first-order valence-corrected chi connectivity index (χ1v) is 14.1. The largest absolute Gasteiger partial charge is 0.494 e. The molecular formula is C28H27BrFN5O3S. The van der Waals surface area contributed by atoms with Gasteiger partial charge in [0, 0.05) is 21.4 Å². The maximum absolute atomic E-state index is 13.1. The second kappa shape index (κ2) is 13.9. The molecule has 0 bridgehead atoms. The normalized spacial score (nSPS) is 10.7. The van der Waals surface area contributed by atoms with Crippen LogP contribution in [0.3, 0.4) is 0 Å². The highest BCUT2D eigenvalue weighted by molar-refractivity contribution is 9.10. The fourth-order valence-electron chi connectivity index (χ4n) is 3.52. The van der Waals surface area contributed by atoms with Crippen molar-refractivity contribution in [3.8, 4) is 11.4 Å². The number of anilines is 1. The van der Waals surface area contributed by atoms with Gasteiger partial charge in [0.15, 0.2) is 11.0 Å². The molecular weight excluding hydrogens is 585 g/mol. The summed E-state index contributed by atoms with van der Waals surface area (Å²) in [6.45, 7) is 2.86. The van der Waals surface area contributed by atoms with Crippen molar-refractivity contribution in [1.82, 2.24) is 20.1 Å². The summed E-state index contributed by atoms with van der Waals surface area (Å²) in [7, 11) is 0. The Morgan fingerprint density at radius 3 is 2.41 bits per heavy atom. The molecule has 0 aliphatic carbocycles. The van der Waals surface area contributed by atoms with Gasteiger partial charge < -0.3 is 15.4 Å². The molecule has 0 unspecified atom stereocenters. The second-order valence-corrected chi connectivity index (χ2v) is 10.3. The standard InChI is InChI=1S/C28H27BrFN5O3S/c1-2-3-16-38-24-14-4-19(5-15-24)27(37)31-17-25-33-34-28(35(25)23-12-6-20(29)7-13-23)39-18-26(36)32-22-10-8-21(30)9-11-22/h4-15H,2-3,16-18H2,1H3,(H,31,37)(H,32,36). The van der Waals surface area contributed by atoms with Crippen molar-refractivity contribution < 1.29 is 18.7 Å². The molecule has 3 aromatic carbocycles. The lowest BCUT2D eigenvalue weighted by Gasteiger charge is -2.12. The highest BCUT2D eigenvalue weighted by Crippen LogP contribution is 2.24. The third kappa shape index (κ3) is 8.14. The fraction of sp³-hybridized carbons (Fsp3) is 0.214. The topological polar surface area (TPSA) is 98.1 Å². The summed E-state index contributed by atoms with van der Waals surface area (Å²) in [5.74, 6) is 0.387.